The number of carbonyl (C=O) groups is 3. The molecule has 1 aromatic heterocycles. The van der Waals surface area contributed by atoms with Gasteiger partial charge in [-0.3, -0.25) is 19.3 Å². The Labute approximate surface area is 195 Å². The lowest BCUT2D eigenvalue weighted by Gasteiger charge is -2.40. The second kappa shape index (κ2) is 7.55. The molecule has 2 aliphatic heterocycles. The summed E-state index contributed by atoms with van der Waals surface area (Å²) in [6.45, 7) is 1.64. The number of nitrogens with zero attached hydrogens (tertiary/aromatic N) is 3. The SMILES string of the molecule is C[C@H](NC(=O)CN1C(=O)c2ccccc2N2C(=O)c3ccccc3C12)c1nc2ccccc2[nH]1. The summed E-state index contributed by atoms with van der Waals surface area (Å²) in [5, 5.41) is 2.93. The molecule has 8 heteroatoms. The number of benzene rings is 3. The largest absolute Gasteiger partial charge is 0.345 e. The number of anilines is 1. The van der Waals surface area contributed by atoms with Gasteiger partial charge < -0.3 is 15.2 Å². The van der Waals surface area contributed by atoms with Crippen LogP contribution in [-0.2, 0) is 4.79 Å². The molecule has 0 saturated heterocycles. The second-order valence-electron chi connectivity index (χ2n) is 8.51. The summed E-state index contributed by atoms with van der Waals surface area (Å²) in [4.78, 5) is 50.7. The summed E-state index contributed by atoms with van der Waals surface area (Å²) in [6, 6.07) is 21.5. The number of fused-ring (bicyclic) bond motifs is 6. The maximum atomic E-state index is 13.5. The van der Waals surface area contributed by atoms with E-state index >= 15 is 0 Å². The molecule has 0 aliphatic carbocycles. The van der Waals surface area contributed by atoms with Gasteiger partial charge in [-0.15, -0.1) is 0 Å². The number of hydrogen-bond donors (Lipinski definition) is 2. The zero-order valence-corrected chi connectivity index (χ0v) is 18.4. The van der Waals surface area contributed by atoms with Crippen molar-refractivity contribution in [3.8, 4) is 0 Å². The molecule has 4 aromatic rings. The fourth-order valence-electron chi connectivity index (χ4n) is 4.82. The third kappa shape index (κ3) is 2.99. The number of hydrogen-bond acceptors (Lipinski definition) is 4. The Morgan fingerprint density at radius 3 is 2.50 bits per heavy atom. The zero-order chi connectivity index (χ0) is 23.4. The summed E-state index contributed by atoms with van der Waals surface area (Å²) in [7, 11) is 0. The maximum Gasteiger partial charge on any atom is 0.260 e. The van der Waals surface area contributed by atoms with Gasteiger partial charge in [0.15, 0.2) is 0 Å². The number of H-pyrrole nitrogens is 1. The highest BCUT2D eigenvalue weighted by molar-refractivity contribution is 6.17. The van der Waals surface area contributed by atoms with E-state index in [-0.39, 0.29) is 30.3 Å². The standard InChI is InChI=1S/C26H21N5O3/c1-15(23-28-19-11-5-6-12-20(19)29-23)27-22(32)14-30-24-16-8-2-3-9-17(16)26(34)31(24)21-13-7-4-10-18(21)25(30)33/h2-13,15,24H,14H2,1H3,(H,27,32)(H,28,29)/t15-,24?/m0/s1. The highest BCUT2D eigenvalue weighted by Gasteiger charge is 2.48. The van der Waals surface area contributed by atoms with E-state index in [0.29, 0.717) is 28.2 Å². The van der Waals surface area contributed by atoms with Crippen molar-refractivity contribution in [3.05, 3.63) is 95.3 Å². The second-order valence-corrected chi connectivity index (χ2v) is 8.51. The summed E-state index contributed by atoms with van der Waals surface area (Å²) >= 11 is 0. The van der Waals surface area contributed by atoms with E-state index in [1.807, 2.05) is 43.3 Å². The number of nitrogens with one attached hydrogen (secondary N) is 2. The van der Waals surface area contributed by atoms with Crippen LogP contribution in [-0.4, -0.2) is 39.1 Å². The number of carbonyl (C=O) groups excluding carboxylic acids is 3. The Morgan fingerprint density at radius 2 is 1.68 bits per heavy atom. The molecule has 3 heterocycles. The first-order valence-electron chi connectivity index (χ1n) is 11.1. The molecule has 8 nitrogen and oxygen atoms in total. The molecule has 0 saturated carbocycles. The molecule has 2 atom stereocenters. The van der Waals surface area contributed by atoms with Gasteiger partial charge in [0.05, 0.1) is 28.3 Å². The zero-order valence-electron chi connectivity index (χ0n) is 18.4. The number of aromatic amines is 1. The fourth-order valence-corrected chi connectivity index (χ4v) is 4.82. The van der Waals surface area contributed by atoms with Gasteiger partial charge in [0.1, 0.15) is 18.5 Å². The van der Waals surface area contributed by atoms with Crippen molar-refractivity contribution in [2.75, 3.05) is 11.4 Å². The van der Waals surface area contributed by atoms with Crippen molar-refractivity contribution in [2.45, 2.75) is 19.1 Å². The van der Waals surface area contributed by atoms with Crippen LogP contribution in [0.1, 0.15) is 51.2 Å². The van der Waals surface area contributed by atoms with Gasteiger partial charge in [0, 0.05) is 11.1 Å². The Bertz CT molecular complexity index is 1440. The van der Waals surface area contributed by atoms with Crippen LogP contribution < -0.4 is 10.2 Å². The van der Waals surface area contributed by atoms with Crippen molar-refractivity contribution in [1.82, 2.24) is 20.2 Å². The smallest absolute Gasteiger partial charge is 0.260 e. The maximum absolute atomic E-state index is 13.5. The van der Waals surface area contributed by atoms with Gasteiger partial charge in [0.2, 0.25) is 5.91 Å². The molecule has 1 unspecified atom stereocenters. The van der Waals surface area contributed by atoms with Crippen LogP contribution in [0.2, 0.25) is 0 Å². The fraction of sp³-hybridized carbons (Fsp3) is 0.154. The number of para-hydroxylation sites is 3. The lowest BCUT2D eigenvalue weighted by Crippen LogP contribution is -2.51. The molecule has 0 radical (unpaired) electrons. The van der Waals surface area contributed by atoms with Crippen LogP contribution in [0, 0.1) is 0 Å². The molecule has 34 heavy (non-hydrogen) atoms. The molecule has 168 valence electrons. The van der Waals surface area contributed by atoms with E-state index in [0.717, 1.165) is 11.0 Å². The van der Waals surface area contributed by atoms with E-state index in [1.54, 1.807) is 41.3 Å². The number of aromatic nitrogens is 2. The van der Waals surface area contributed by atoms with Crippen molar-refractivity contribution in [1.29, 1.82) is 0 Å². The first-order chi connectivity index (χ1) is 16.5. The third-order valence-corrected chi connectivity index (χ3v) is 6.39. The molecular weight excluding hydrogens is 430 g/mol. The molecule has 2 N–H and O–H groups in total. The van der Waals surface area contributed by atoms with Crippen molar-refractivity contribution in [2.24, 2.45) is 0 Å². The van der Waals surface area contributed by atoms with E-state index in [1.165, 1.54) is 4.90 Å². The predicted octanol–water partition coefficient (Wildman–Crippen LogP) is 3.56. The normalized spacial score (nSPS) is 17.4. The van der Waals surface area contributed by atoms with Gasteiger partial charge in [-0.2, -0.15) is 0 Å². The number of amides is 3. The van der Waals surface area contributed by atoms with Crippen LogP contribution in [0.25, 0.3) is 11.0 Å². The van der Waals surface area contributed by atoms with Gasteiger partial charge in [-0.05, 0) is 37.3 Å². The lowest BCUT2D eigenvalue weighted by atomic mass is 10.0. The van der Waals surface area contributed by atoms with Crippen LogP contribution in [0.15, 0.2) is 72.8 Å². The lowest BCUT2D eigenvalue weighted by molar-refractivity contribution is -0.123. The average molecular weight is 451 g/mol. The van der Waals surface area contributed by atoms with E-state index in [9.17, 15) is 14.4 Å². The molecular formula is C26H21N5O3. The Balaban J connectivity index is 1.31. The summed E-state index contributed by atoms with van der Waals surface area (Å²) in [5.41, 5.74) is 3.92. The van der Waals surface area contributed by atoms with Crippen molar-refractivity contribution < 1.29 is 14.4 Å². The quantitative estimate of drug-likeness (QED) is 0.496. The van der Waals surface area contributed by atoms with Crippen molar-refractivity contribution >= 4 is 34.4 Å². The molecule has 0 bridgehead atoms. The highest BCUT2D eigenvalue weighted by Crippen LogP contribution is 2.44. The number of imidazole rings is 1. The highest BCUT2D eigenvalue weighted by atomic mass is 16.2. The third-order valence-electron chi connectivity index (χ3n) is 6.39. The van der Waals surface area contributed by atoms with Crippen LogP contribution >= 0.6 is 0 Å². The minimum atomic E-state index is -0.668. The van der Waals surface area contributed by atoms with Gasteiger partial charge in [0.25, 0.3) is 11.8 Å². The molecule has 3 amide bonds. The molecule has 2 aliphatic rings. The van der Waals surface area contributed by atoms with Crippen molar-refractivity contribution in [3.63, 3.8) is 0 Å². The summed E-state index contributed by atoms with van der Waals surface area (Å²) in [6.07, 6.45) is -0.668. The number of rotatable bonds is 4. The van der Waals surface area contributed by atoms with Gasteiger partial charge in [-0.1, -0.05) is 42.5 Å². The van der Waals surface area contributed by atoms with Gasteiger partial charge >= 0.3 is 0 Å². The monoisotopic (exact) mass is 451 g/mol. The van der Waals surface area contributed by atoms with E-state index in [2.05, 4.69) is 15.3 Å². The predicted molar refractivity (Wildman–Crippen MR) is 126 cm³/mol. The van der Waals surface area contributed by atoms with E-state index in [4.69, 9.17) is 0 Å². The average Bonchev–Trinajstić information content (AvgIpc) is 3.42. The molecule has 6 rings (SSSR count). The van der Waals surface area contributed by atoms with Gasteiger partial charge in [-0.25, -0.2) is 4.98 Å². The Morgan fingerprint density at radius 1 is 0.971 bits per heavy atom. The Hall–Kier alpha value is -4.46. The van der Waals surface area contributed by atoms with Crippen LogP contribution in [0.3, 0.4) is 0 Å². The topological polar surface area (TPSA) is 98.4 Å². The molecule has 0 fully saturated rings. The first-order valence-corrected chi connectivity index (χ1v) is 11.1. The van der Waals surface area contributed by atoms with Crippen LogP contribution in [0.4, 0.5) is 5.69 Å². The first kappa shape index (κ1) is 20.2. The summed E-state index contributed by atoms with van der Waals surface area (Å²) in [5.74, 6) is -0.167. The minimum Gasteiger partial charge on any atom is -0.345 e. The molecule has 0 spiro atoms. The molecule has 3 aromatic carbocycles. The van der Waals surface area contributed by atoms with Crippen LogP contribution in [0.5, 0.6) is 0 Å². The van der Waals surface area contributed by atoms with E-state index < -0.39 is 6.17 Å². The summed E-state index contributed by atoms with van der Waals surface area (Å²) < 4.78 is 0. The minimum absolute atomic E-state index is 0.179. The Kier molecular flexibility index (Phi) is 4.48.